The third-order valence-corrected chi connectivity index (χ3v) is 25.3. The Morgan fingerprint density at radius 3 is 0.929 bits per heavy atom. The van der Waals surface area contributed by atoms with E-state index in [0.29, 0.717) is 47.9 Å². The van der Waals surface area contributed by atoms with Gasteiger partial charge in [0.15, 0.2) is 0 Å². The lowest BCUT2D eigenvalue weighted by atomic mass is 9.93. The van der Waals surface area contributed by atoms with Gasteiger partial charge in [-0.25, -0.2) is 0 Å². The van der Waals surface area contributed by atoms with E-state index < -0.39 is 0 Å². The minimum Gasteiger partial charge on any atom is -0.306 e. The Kier molecular flexibility index (Phi) is 32.0. The lowest BCUT2D eigenvalue weighted by Crippen LogP contribution is -2.34. The van der Waals surface area contributed by atoms with E-state index in [-0.39, 0.29) is 11.8 Å². The molecule has 5 aromatic rings. The lowest BCUT2D eigenvalue weighted by Gasteiger charge is -2.29. The van der Waals surface area contributed by atoms with Crippen LogP contribution in [0, 0.1) is 11.8 Å². The number of amides is 2. The average molecular weight is 1250 g/mol. The Labute approximate surface area is 539 Å². The molecule has 0 bridgehead atoms. The summed E-state index contributed by atoms with van der Waals surface area (Å²) in [5.41, 5.74) is 3.23. The zero-order valence-electron chi connectivity index (χ0n) is 55.2. The lowest BCUT2D eigenvalue weighted by molar-refractivity contribution is -0.124. The Bertz CT molecular complexity index is 2690. The number of carbonyl (C=O) groups is 2. The third kappa shape index (κ3) is 21.5. The summed E-state index contributed by atoms with van der Waals surface area (Å²) in [6.45, 7) is 19.8. The number of rotatable bonds is 49. The Morgan fingerprint density at radius 2 is 0.612 bits per heavy atom. The van der Waals surface area contributed by atoms with E-state index in [0.717, 1.165) is 46.8 Å². The van der Waals surface area contributed by atoms with Crippen molar-refractivity contribution >= 4 is 98.7 Å². The van der Waals surface area contributed by atoms with E-state index in [1.54, 1.807) is 0 Å². The zero-order chi connectivity index (χ0) is 60.2. The van der Waals surface area contributed by atoms with Gasteiger partial charge in [0, 0.05) is 51.4 Å². The molecule has 0 fully saturated rings. The minimum absolute atomic E-state index is 0.0750. The van der Waals surface area contributed by atoms with Crippen molar-refractivity contribution in [1.82, 2.24) is 9.80 Å². The molecule has 2 atom stereocenters. The molecule has 2 amide bonds. The number of unbranched alkanes of at least 4 members (excludes halogenated alkanes) is 32. The maximum absolute atomic E-state index is 16.2. The van der Waals surface area contributed by atoms with Crippen LogP contribution in [0.2, 0.25) is 0 Å². The number of thiophene rings is 5. The fourth-order valence-corrected chi connectivity index (χ4v) is 19.5. The summed E-state index contributed by atoms with van der Waals surface area (Å²) in [6.07, 6.45) is 52.2. The van der Waals surface area contributed by atoms with Crippen molar-refractivity contribution in [2.24, 2.45) is 11.8 Å². The first-order chi connectivity index (χ1) is 41.6. The molecular formula is C76H118N2O2S5. The molecule has 0 aliphatic carbocycles. The maximum atomic E-state index is 16.2. The molecule has 7 heterocycles. The van der Waals surface area contributed by atoms with Gasteiger partial charge in [0.05, 0.1) is 32.3 Å². The topological polar surface area (TPSA) is 40.6 Å². The van der Waals surface area contributed by atoms with Crippen molar-refractivity contribution in [3.05, 3.63) is 67.1 Å². The zero-order valence-corrected chi connectivity index (χ0v) is 59.3. The SMILES string of the molecule is CCCCCCCCCCCCC(CCCCCCCCCC)CN1C(=O)C2=C(c3cc4sc(C(C)C)cc4s3)N(CC(CCCCCCCCCC)CCCCCCCCCCCC)C(=O)C2=C1c1cc2sc(-c3ccc(C(C)C)s3)cc2s1. The smallest absolute Gasteiger partial charge is 0.261 e. The van der Waals surface area contributed by atoms with Gasteiger partial charge in [-0.2, -0.15) is 0 Å². The molecule has 0 saturated heterocycles. The average Bonchev–Trinajstić information content (AvgIpc) is 2.50. The summed E-state index contributed by atoms with van der Waals surface area (Å²) in [5.74, 6) is 1.91. The molecule has 474 valence electrons. The quantitative estimate of drug-likeness (QED) is 0.0364. The van der Waals surface area contributed by atoms with Crippen molar-refractivity contribution in [3.63, 3.8) is 0 Å². The van der Waals surface area contributed by atoms with Gasteiger partial charge in [0.1, 0.15) is 0 Å². The molecule has 4 nitrogen and oxygen atoms in total. The van der Waals surface area contributed by atoms with Gasteiger partial charge in [-0.15, -0.1) is 56.7 Å². The first-order valence-electron chi connectivity index (χ1n) is 35.9. The highest BCUT2D eigenvalue weighted by Gasteiger charge is 2.50. The number of hydrogen-bond donors (Lipinski definition) is 0. The van der Waals surface area contributed by atoms with Crippen LogP contribution in [-0.2, 0) is 9.59 Å². The summed E-state index contributed by atoms with van der Waals surface area (Å²) in [7, 11) is 0. The maximum Gasteiger partial charge on any atom is 0.261 e. The fraction of sp³-hybridized carbons (Fsp3) is 0.711. The van der Waals surface area contributed by atoms with Gasteiger partial charge < -0.3 is 9.80 Å². The molecular weight excluding hydrogens is 1130 g/mol. The second-order valence-corrected chi connectivity index (χ2v) is 32.4. The molecule has 85 heavy (non-hydrogen) atoms. The van der Waals surface area contributed by atoms with E-state index in [2.05, 4.69) is 102 Å². The van der Waals surface area contributed by atoms with Crippen LogP contribution in [0.25, 0.3) is 39.9 Å². The first kappa shape index (κ1) is 69.9. The molecule has 0 N–H and O–H groups in total. The summed E-state index contributed by atoms with van der Waals surface area (Å²) in [4.78, 5) is 44.5. The van der Waals surface area contributed by atoms with Crippen LogP contribution in [-0.4, -0.2) is 34.7 Å². The van der Waals surface area contributed by atoms with Crippen LogP contribution in [0.3, 0.4) is 0 Å². The van der Waals surface area contributed by atoms with Gasteiger partial charge >= 0.3 is 0 Å². The molecule has 2 unspecified atom stereocenters. The van der Waals surface area contributed by atoms with E-state index in [1.165, 1.54) is 269 Å². The van der Waals surface area contributed by atoms with Crippen LogP contribution < -0.4 is 0 Å². The Morgan fingerprint density at radius 1 is 0.318 bits per heavy atom. The molecule has 2 aliphatic heterocycles. The number of carbonyl (C=O) groups excluding carboxylic acids is 2. The summed E-state index contributed by atoms with van der Waals surface area (Å²) in [6, 6.07) is 14.1. The molecule has 0 spiro atoms. The first-order valence-corrected chi connectivity index (χ1v) is 39.9. The van der Waals surface area contributed by atoms with Gasteiger partial charge in [-0.3, -0.25) is 9.59 Å². The van der Waals surface area contributed by atoms with Crippen molar-refractivity contribution in [2.75, 3.05) is 13.1 Å². The molecule has 0 radical (unpaired) electrons. The third-order valence-electron chi connectivity index (χ3n) is 18.8. The highest BCUT2D eigenvalue weighted by molar-refractivity contribution is 7.31. The normalized spacial score (nSPS) is 14.7. The monoisotopic (exact) mass is 1250 g/mol. The van der Waals surface area contributed by atoms with Gasteiger partial charge in [0.25, 0.3) is 11.8 Å². The van der Waals surface area contributed by atoms with Gasteiger partial charge in [-0.1, -0.05) is 287 Å². The molecule has 7 rings (SSSR count). The van der Waals surface area contributed by atoms with Crippen LogP contribution in [0.5, 0.6) is 0 Å². The predicted octanol–water partition coefficient (Wildman–Crippen LogP) is 26.9. The largest absolute Gasteiger partial charge is 0.306 e. The number of hydrogen-bond acceptors (Lipinski definition) is 7. The van der Waals surface area contributed by atoms with Gasteiger partial charge in [0.2, 0.25) is 0 Å². The van der Waals surface area contributed by atoms with Crippen molar-refractivity contribution in [3.8, 4) is 9.75 Å². The number of fused-ring (bicyclic) bond motifs is 3. The second kappa shape index (κ2) is 38.9. The van der Waals surface area contributed by atoms with Crippen LogP contribution in [0.4, 0.5) is 0 Å². The summed E-state index contributed by atoms with van der Waals surface area (Å²) >= 11 is 9.33. The van der Waals surface area contributed by atoms with Gasteiger partial charge in [-0.05, 0) is 85.8 Å². The predicted molar refractivity (Wildman–Crippen MR) is 383 cm³/mol. The van der Waals surface area contributed by atoms with Crippen molar-refractivity contribution in [2.45, 2.75) is 324 Å². The summed E-state index contributed by atoms with van der Waals surface area (Å²) < 4.78 is 5.09. The van der Waals surface area contributed by atoms with Crippen LogP contribution >= 0.6 is 56.7 Å². The second-order valence-electron chi connectivity index (χ2n) is 26.9. The molecule has 2 aliphatic rings. The Balaban J connectivity index is 1.23. The van der Waals surface area contributed by atoms with Crippen LogP contribution in [0.15, 0.2) is 47.5 Å². The van der Waals surface area contributed by atoms with Crippen molar-refractivity contribution < 1.29 is 9.59 Å². The molecule has 5 aromatic heterocycles. The van der Waals surface area contributed by atoms with E-state index in [1.807, 2.05) is 56.7 Å². The highest BCUT2D eigenvalue weighted by atomic mass is 32.1. The standard InChI is InChI=1S/C76H118N2O2S5/c1-9-13-17-21-25-29-31-35-39-43-47-59(45-41-37-33-27-23-19-15-11-3)55-77-73(69-53-67-65(84-69)51-63(82-67)58(7)8)71-72(76(77)80)74(70-54-68-66(85-70)52-64(83-68)62-50-49-61(81-62)57(5)6)78(75(71)79)56-60(46-42-38-34-28-24-20-16-12-4)48-44-40-36-32-30-26-22-18-14-10-2/h49-54,57-60H,9-48,55-56H2,1-8H3. The van der Waals surface area contributed by atoms with E-state index in [9.17, 15) is 0 Å². The Hall–Kier alpha value is -2.56. The highest BCUT2D eigenvalue weighted by Crippen LogP contribution is 2.53. The minimum atomic E-state index is 0.0750. The van der Waals surface area contributed by atoms with Crippen LogP contribution in [0.1, 0.15) is 344 Å². The fourth-order valence-electron chi connectivity index (χ4n) is 13.5. The van der Waals surface area contributed by atoms with E-state index >= 15 is 9.59 Å². The van der Waals surface area contributed by atoms with E-state index in [4.69, 9.17) is 0 Å². The molecule has 0 aromatic carbocycles. The summed E-state index contributed by atoms with van der Waals surface area (Å²) in [5, 5.41) is 0. The number of nitrogens with zero attached hydrogens (tertiary/aromatic N) is 2. The molecule has 0 saturated carbocycles. The van der Waals surface area contributed by atoms with Crippen molar-refractivity contribution in [1.29, 1.82) is 0 Å². The molecule has 9 heteroatoms.